The largest absolute Gasteiger partial charge is 0.375 e. The SMILES string of the molecule is CC(C)(C)NC(=O)c1cccc(NC(=O)CNc2ccc(Cl)cc2Cl)c1. The van der Waals surface area contributed by atoms with Crippen LogP contribution in [0, 0.1) is 0 Å². The third kappa shape index (κ3) is 6.24. The van der Waals surface area contributed by atoms with Gasteiger partial charge in [0.1, 0.15) is 0 Å². The summed E-state index contributed by atoms with van der Waals surface area (Å²) in [7, 11) is 0. The molecule has 2 aromatic rings. The van der Waals surface area contributed by atoms with Crippen molar-refractivity contribution in [1.29, 1.82) is 0 Å². The summed E-state index contributed by atoms with van der Waals surface area (Å²) in [5.41, 5.74) is 1.30. The second-order valence-electron chi connectivity index (χ2n) is 6.81. The molecular formula is C19H21Cl2N3O2. The first-order chi connectivity index (χ1) is 12.1. The highest BCUT2D eigenvalue weighted by atomic mass is 35.5. The van der Waals surface area contributed by atoms with Crippen LogP contribution in [-0.4, -0.2) is 23.9 Å². The molecule has 3 N–H and O–H groups in total. The highest BCUT2D eigenvalue weighted by molar-refractivity contribution is 6.36. The van der Waals surface area contributed by atoms with Crippen LogP contribution in [-0.2, 0) is 4.79 Å². The number of nitrogens with one attached hydrogen (secondary N) is 3. The van der Waals surface area contributed by atoms with Gasteiger partial charge in [0.15, 0.2) is 0 Å². The zero-order chi connectivity index (χ0) is 19.3. The molecule has 7 heteroatoms. The lowest BCUT2D eigenvalue weighted by atomic mass is 10.1. The first-order valence-electron chi connectivity index (χ1n) is 8.05. The van der Waals surface area contributed by atoms with Crippen LogP contribution < -0.4 is 16.0 Å². The van der Waals surface area contributed by atoms with E-state index in [1.807, 2.05) is 20.8 Å². The predicted molar refractivity (Wildman–Crippen MR) is 107 cm³/mol. The number of rotatable bonds is 5. The number of carbonyl (C=O) groups is 2. The lowest BCUT2D eigenvalue weighted by Gasteiger charge is -2.20. The second-order valence-corrected chi connectivity index (χ2v) is 7.65. The summed E-state index contributed by atoms with van der Waals surface area (Å²) in [5, 5.41) is 9.54. The molecular weight excluding hydrogens is 373 g/mol. The predicted octanol–water partition coefficient (Wildman–Crippen LogP) is 4.57. The fraction of sp³-hybridized carbons (Fsp3) is 0.263. The Morgan fingerprint density at radius 1 is 1.04 bits per heavy atom. The lowest BCUT2D eigenvalue weighted by molar-refractivity contribution is -0.114. The smallest absolute Gasteiger partial charge is 0.251 e. The van der Waals surface area contributed by atoms with E-state index in [-0.39, 0.29) is 23.9 Å². The molecule has 0 atom stereocenters. The summed E-state index contributed by atoms with van der Waals surface area (Å²) in [6.07, 6.45) is 0. The molecule has 0 radical (unpaired) electrons. The molecule has 0 heterocycles. The third-order valence-electron chi connectivity index (χ3n) is 3.27. The molecule has 0 bridgehead atoms. The fourth-order valence-corrected chi connectivity index (χ4v) is 2.64. The molecule has 138 valence electrons. The molecule has 2 aromatic carbocycles. The molecule has 0 saturated carbocycles. The van der Waals surface area contributed by atoms with Gasteiger partial charge in [0.2, 0.25) is 5.91 Å². The highest BCUT2D eigenvalue weighted by Crippen LogP contribution is 2.25. The number of hydrogen-bond donors (Lipinski definition) is 3. The van der Waals surface area contributed by atoms with Crippen LogP contribution in [0.5, 0.6) is 0 Å². The van der Waals surface area contributed by atoms with Gasteiger partial charge in [-0.2, -0.15) is 0 Å². The van der Waals surface area contributed by atoms with E-state index < -0.39 is 0 Å². The van der Waals surface area contributed by atoms with Crippen molar-refractivity contribution < 1.29 is 9.59 Å². The minimum absolute atomic E-state index is 0.0275. The van der Waals surface area contributed by atoms with Gasteiger partial charge in [-0.15, -0.1) is 0 Å². The number of hydrogen-bond acceptors (Lipinski definition) is 3. The van der Waals surface area contributed by atoms with E-state index in [0.29, 0.717) is 27.0 Å². The van der Waals surface area contributed by atoms with Crippen LogP contribution in [0.2, 0.25) is 10.0 Å². The summed E-state index contributed by atoms with van der Waals surface area (Å²) in [5.74, 6) is -0.455. The quantitative estimate of drug-likeness (QED) is 0.696. The molecule has 2 rings (SSSR count). The standard InChI is InChI=1S/C19H21Cl2N3O2/c1-19(2,3)24-18(26)12-5-4-6-14(9-12)23-17(25)11-22-16-8-7-13(20)10-15(16)21/h4-10,22H,11H2,1-3H3,(H,23,25)(H,24,26). The van der Waals surface area contributed by atoms with Gasteiger partial charge < -0.3 is 16.0 Å². The van der Waals surface area contributed by atoms with Crippen molar-refractivity contribution in [3.8, 4) is 0 Å². The molecule has 5 nitrogen and oxygen atoms in total. The van der Waals surface area contributed by atoms with E-state index in [9.17, 15) is 9.59 Å². The summed E-state index contributed by atoms with van der Waals surface area (Å²) in [4.78, 5) is 24.3. The average Bonchev–Trinajstić information content (AvgIpc) is 2.52. The molecule has 2 amide bonds. The molecule has 0 aromatic heterocycles. The highest BCUT2D eigenvalue weighted by Gasteiger charge is 2.15. The maximum atomic E-state index is 12.2. The fourth-order valence-electron chi connectivity index (χ4n) is 2.16. The van der Waals surface area contributed by atoms with Crippen LogP contribution in [0.15, 0.2) is 42.5 Å². The minimum Gasteiger partial charge on any atom is -0.375 e. The van der Waals surface area contributed by atoms with Gasteiger partial charge in [-0.1, -0.05) is 29.3 Å². The van der Waals surface area contributed by atoms with Crippen molar-refractivity contribution in [3.63, 3.8) is 0 Å². The number of carbonyl (C=O) groups excluding carboxylic acids is 2. The second kappa shape index (κ2) is 8.43. The van der Waals surface area contributed by atoms with Crippen LogP contribution in [0.3, 0.4) is 0 Å². The Labute approximate surface area is 163 Å². The van der Waals surface area contributed by atoms with Crippen molar-refractivity contribution in [1.82, 2.24) is 5.32 Å². The number of amides is 2. The number of halogens is 2. The Hall–Kier alpha value is -2.24. The normalized spacial score (nSPS) is 11.0. The molecule has 0 fully saturated rings. The summed E-state index contributed by atoms with van der Waals surface area (Å²) < 4.78 is 0. The van der Waals surface area contributed by atoms with Gasteiger partial charge in [0.25, 0.3) is 5.91 Å². The average molecular weight is 394 g/mol. The maximum absolute atomic E-state index is 12.2. The summed E-state index contributed by atoms with van der Waals surface area (Å²) in [6, 6.07) is 11.8. The van der Waals surface area contributed by atoms with Crippen molar-refractivity contribution >= 4 is 46.4 Å². The van der Waals surface area contributed by atoms with Crippen LogP contribution in [0.1, 0.15) is 31.1 Å². The van der Waals surface area contributed by atoms with E-state index in [0.717, 1.165) is 0 Å². The van der Waals surface area contributed by atoms with Gasteiger partial charge in [-0.25, -0.2) is 0 Å². The molecule has 26 heavy (non-hydrogen) atoms. The molecule has 0 aliphatic heterocycles. The molecule has 0 saturated heterocycles. The third-order valence-corrected chi connectivity index (χ3v) is 3.82. The Bertz CT molecular complexity index is 817. The first kappa shape index (κ1) is 20.1. The van der Waals surface area contributed by atoms with Crippen LogP contribution >= 0.6 is 23.2 Å². The Kier molecular flexibility index (Phi) is 6.51. The van der Waals surface area contributed by atoms with Gasteiger partial charge in [-0.3, -0.25) is 9.59 Å². The maximum Gasteiger partial charge on any atom is 0.251 e. The number of anilines is 2. The van der Waals surface area contributed by atoms with Crippen molar-refractivity contribution in [2.75, 3.05) is 17.2 Å². The molecule has 0 spiro atoms. The zero-order valence-electron chi connectivity index (χ0n) is 14.8. The summed E-state index contributed by atoms with van der Waals surface area (Å²) in [6.45, 7) is 5.75. The van der Waals surface area contributed by atoms with Crippen molar-refractivity contribution in [3.05, 3.63) is 58.1 Å². The van der Waals surface area contributed by atoms with E-state index in [1.165, 1.54) is 0 Å². The monoisotopic (exact) mass is 393 g/mol. The van der Waals surface area contributed by atoms with Gasteiger partial charge in [-0.05, 0) is 57.2 Å². The van der Waals surface area contributed by atoms with Crippen molar-refractivity contribution in [2.24, 2.45) is 0 Å². The first-order valence-corrected chi connectivity index (χ1v) is 8.81. The van der Waals surface area contributed by atoms with Crippen LogP contribution in [0.4, 0.5) is 11.4 Å². The topological polar surface area (TPSA) is 70.2 Å². The van der Waals surface area contributed by atoms with Crippen molar-refractivity contribution in [2.45, 2.75) is 26.3 Å². The van der Waals surface area contributed by atoms with E-state index >= 15 is 0 Å². The Morgan fingerprint density at radius 2 is 1.77 bits per heavy atom. The lowest BCUT2D eigenvalue weighted by Crippen LogP contribution is -2.40. The molecule has 0 aliphatic rings. The molecule has 0 unspecified atom stereocenters. The van der Waals surface area contributed by atoms with Gasteiger partial charge in [0.05, 0.1) is 17.3 Å². The number of benzene rings is 2. The summed E-state index contributed by atoms with van der Waals surface area (Å²) >= 11 is 11.9. The Balaban J connectivity index is 1.96. The van der Waals surface area contributed by atoms with E-state index in [4.69, 9.17) is 23.2 Å². The zero-order valence-corrected chi connectivity index (χ0v) is 16.3. The Morgan fingerprint density at radius 3 is 2.42 bits per heavy atom. The van der Waals surface area contributed by atoms with Crippen LogP contribution in [0.25, 0.3) is 0 Å². The minimum atomic E-state index is -0.335. The van der Waals surface area contributed by atoms with Gasteiger partial charge in [0, 0.05) is 21.8 Å². The molecule has 0 aliphatic carbocycles. The van der Waals surface area contributed by atoms with Gasteiger partial charge >= 0.3 is 0 Å². The van der Waals surface area contributed by atoms with E-state index in [2.05, 4.69) is 16.0 Å². The van der Waals surface area contributed by atoms with E-state index in [1.54, 1.807) is 42.5 Å².